The fourth-order valence-corrected chi connectivity index (χ4v) is 2.13. The summed E-state index contributed by atoms with van der Waals surface area (Å²) in [7, 11) is 1.64. The highest BCUT2D eigenvalue weighted by atomic mass is 16.5. The van der Waals surface area contributed by atoms with Crippen LogP contribution in [0.5, 0.6) is 5.75 Å². The summed E-state index contributed by atoms with van der Waals surface area (Å²) in [6.07, 6.45) is 3.48. The number of fused-ring (bicyclic) bond motifs is 1. The van der Waals surface area contributed by atoms with Gasteiger partial charge in [-0.25, -0.2) is 4.79 Å². The van der Waals surface area contributed by atoms with E-state index in [9.17, 15) is 4.79 Å². The highest BCUT2D eigenvalue weighted by Crippen LogP contribution is 2.49. The van der Waals surface area contributed by atoms with Crippen molar-refractivity contribution in [1.29, 1.82) is 0 Å². The molecule has 1 aliphatic rings. The van der Waals surface area contributed by atoms with Gasteiger partial charge in [-0.15, -0.1) is 0 Å². The number of hydrogen-bond donors (Lipinski definition) is 1. The van der Waals surface area contributed by atoms with E-state index in [-0.39, 0.29) is 5.54 Å². The van der Waals surface area contributed by atoms with Crippen LogP contribution in [0.25, 0.3) is 10.9 Å². The number of carbonyl (C=O) groups excluding carboxylic acids is 1. The second-order valence-electron chi connectivity index (χ2n) is 4.37. The quantitative estimate of drug-likeness (QED) is 0.648. The number of aliphatic imine (C=N–C) groups is 1. The summed E-state index contributed by atoms with van der Waals surface area (Å²) in [5.74, 6) is 0.814. The van der Waals surface area contributed by atoms with E-state index in [4.69, 9.17) is 4.74 Å². The van der Waals surface area contributed by atoms with Gasteiger partial charge in [0, 0.05) is 22.7 Å². The van der Waals surface area contributed by atoms with Crippen molar-refractivity contribution >= 4 is 17.0 Å². The molecule has 1 aliphatic carbocycles. The van der Waals surface area contributed by atoms with Crippen LogP contribution in [0, 0.1) is 0 Å². The predicted molar refractivity (Wildman–Crippen MR) is 63.9 cm³/mol. The highest BCUT2D eigenvalue weighted by Gasteiger charge is 2.46. The summed E-state index contributed by atoms with van der Waals surface area (Å²) < 4.78 is 5.17. The van der Waals surface area contributed by atoms with Gasteiger partial charge in [-0.2, -0.15) is 4.99 Å². The average Bonchev–Trinajstić information content (AvgIpc) is 3.00. The average molecular weight is 228 g/mol. The number of benzene rings is 1. The van der Waals surface area contributed by atoms with Gasteiger partial charge in [0.1, 0.15) is 11.3 Å². The highest BCUT2D eigenvalue weighted by molar-refractivity contribution is 5.82. The number of isocyanates is 1. The van der Waals surface area contributed by atoms with Gasteiger partial charge in [-0.3, -0.25) is 0 Å². The Labute approximate surface area is 98.3 Å². The predicted octanol–water partition coefficient (Wildman–Crippen LogP) is 2.50. The van der Waals surface area contributed by atoms with Crippen molar-refractivity contribution in [2.45, 2.75) is 18.4 Å². The van der Waals surface area contributed by atoms with Crippen LogP contribution >= 0.6 is 0 Å². The van der Waals surface area contributed by atoms with Crippen LogP contribution in [0.3, 0.4) is 0 Å². The molecule has 2 aromatic rings. The molecule has 1 saturated carbocycles. The van der Waals surface area contributed by atoms with Crippen molar-refractivity contribution < 1.29 is 9.53 Å². The van der Waals surface area contributed by atoms with Crippen molar-refractivity contribution in [2.75, 3.05) is 7.11 Å². The van der Waals surface area contributed by atoms with Crippen molar-refractivity contribution in [1.82, 2.24) is 4.98 Å². The molecule has 1 aromatic heterocycles. The van der Waals surface area contributed by atoms with Crippen LogP contribution in [-0.2, 0) is 10.3 Å². The van der Waals surface area contributed by atoms with Gasteiger partial charge < -0.3 is 9.72 Å². The minimum absolute atomic E-state index is 0.339. The number of hydrogen-bond acceptors (Lipinski definition) is 3. The van der Waals surface area contributed by atoms with E-state index < -0.39 is 0 Å². The summed E-state index contributed by atoms with van der Waals surface area (Å²) in [4.78, 5) is 17.6. The molecule has 0 spiro atoms. The third-order valence-corrected chi connectivity index (χ3v) is 3.31. The molecule has 4 nitrogen and oxygen atoms in total. The van der Waals surface area contributed by atoms with E-state index in [0.29, 0.717) is 0 Å². The van der Waals surface area contributed by atoms with Gasteiger partial charge in [-0.1, -0.05) is 0 Å². The zero-order chi connectivity index (χ0) is 11.9. The number of methoxy groups -OCH3 is 1. The Balaban J connectivity index is 2.11. The molecule has 0 atom stereocenters. The molecular formula is C13H12N2O2. The van der Waals surface area contributed by atoms with Gasteiger partial charge in [-0.05, 0) is 31.0 Å². The lowest BCUT2D eigenvalue weighted by Gasteiger charge is -2.02. The lowest BCUT2D eigenvalue weighted by atomic mass is 10.2. The minimum atomic E-state index is -0.339. The number of aromatic nitrogens is 1. The Hall–Kier alpha value is -2.06. The van der Waals surface area contributed by atoms with Gasteiger partial charge in [0.15, 0.2) is 0 Å². The minimum Gasteiger partial charge on any atom is -0.497 e. The summed E-state index contributed by atoms with van der Waals surface area (Å²) in [6, 6.07) is 7.90. The molecule has 0 bridgehead atoms. The molecule has 0 amide bonds. The molecule has 3 rings (SSSR count). The van der Waals surface area contributed by atoms with Gasteiger partial charge in [0.2, 0.25) is 6.08 Å². The lowest BCUT2D eigenvalue weighted by Crippen LogP contribution is -2.01. The summed E-state index contributed by atoms with van der Waals surface area (Å²) in [5, 5.41) is 1.10. The smallest absolute Gasteiger partial charge is 0.235 e. The van der Waals surface area contributed by atoms with Crippen LogP contribution < -0.4 is 4.74 Å². The van der Waals surface area contributed by atoms with E-state index >= 15 is 0 Å². The van der Waals surface area contributed by atoms with Crippen molar-refractivity contribution in [3.8, 4) is 5.75 Å². The monoisotopic (exact) mass is 228 g/mol. The molecule has 0 aliphatic heterocycles. The number of nitrogens with one attached hydrogen (secondary N) is 1. The van der Waals surface area contributed by atoms with Crippen molar-refractivity contribution in [3.05, 3.63) is 30.0 Å². The Morgan fingerprint density at radius 2 is 2.24 bits per heavy atom. The van der Waals surface area contributed by atoms with E-state index in [1.807, 2.05) is 24.3 Å². The maximum atomic E-state index is 10.4. The number of H-pyrrole nitrogens is 1. The van der Waals surface area contributed by atoms with Gasteiger partial charge in [0.25, 0.3) is 0 Å². The third kappa shape index (κ3) is 1.54. The van der Waals surface area contributed by atoms with Crippen LogP contribution in [0.2, 0.25) is 0 Å². The lowest BCUT2D eigenvalue weighted by molar-refractivity contribution is 0.415. The third-order valence-electron chi connectivity index (χ3n) is 3.31. The van der Waals surface area contributed by atoms with Gasteiger partial charge >= 0.3 is 0 Å². The first-order valence-electron chi connectivity index (χ1n) is 5.54. The van der Waals surface area contributed by atoms with E-state index in [1.54, 1.807) is 13.2 Å². The fourth-order valence-electron chi connectivity index (χ4n) is 2.13. The van der Waals surface area contributed by atoms with Gasteiger partial charge in [0.05, 0.1) is 7.11 Å². The summed E-state index contributed by atoms with van der Waals surface area (Å²) in [6.45, 7) is 0. The number of nitrogens with zero attached hydrogens (tertiary/aromatic N) is 1. The second-order valence-corrected chi connectivity index (χ2v) is 4.37. The zero-order valence-electron chi connectivity index (χ0n) is 9.49. The molecule has 4 heteroatoms. The Morgan fingerprint density at radius 1 is 1.41 bits per heavy atom. The number of ether oxygens (including phenoxy) is 1. The molecule has 0 unspecified atom stereocenters. The molecule has 1 aromatic carbocycles. The molecule has 0 radical (unpaired) electrons. The normalized spacial score (nSPS) is 16.5. The maximum Gasteiger partial charge on any atom is 0.235 e. The first-order valence-corrected chi connectivity index (χ1v) is 5.54. The Bertz CT molecular complexity index is 619. The maximum absolute atomic E-state index is 10.4. The molecule has 0 saturated heterocycles. The topological polar surface area (TPSA) is 54.4 Å². The van der Waals surface area contributed by atoms with E-state index in [2.05, 4.69) is 9.98 Å². The van der Waals surface area contributed by atoms with E-state index in [1.165, 1.54) is 0 Å². The summed E-state index contributed by atoms with van der Waals surface area (Å²) in [5.41, 5.74) is 1.66. The SMILES string of the molecule is COc1ccc2cc(C3(N=C=O)CC3)[nH]c2c1. The first kappa shape index (κ1) is 10.1. The van der Waals surface area contributed by atoms with Crippen LogP contribution in [0.1, 0.15) is 18.5 Å². The molecule has 1 N–H and O–H groups in total. The van der Waals surface area contributed by atoms with Crippen LogP contribution in [-0.4, -0.2) is 18.2 Å². The van der Waals surface area contributed by atoms with Crippen LogP contribution in [0.4, 0.5) is 0 Å². The van der Waals surface area contributed by atoms with E-state index in [0.717, 1.165) is 35.2 Å². The van der Waals surface area contributed by atoms with Crippen molar-refractivity contribution in [3.63, 3.8) is 0 Å². The molecular weight excluding hydrogens is 216 g/mol. The number of aromatic amines is 1. The number of rotatable bonds is 3. The first-order chi connectivity index (χ1) is 8.27. The standard InChI is InChI=1S/C13H12N2O2/c1-17-10-3-2-9-6-12(15-11(9)7-10)13(4-5-13)14-8-16/h2-3,6-7,15H,4-5H2,1H3. The van der Waals surface area contributed by atoms with Crippen molar-refractivity contribution in [2.24, 2.45) is 4.99 Å². The Morgan fingerprint density at radius 3 is 2.88 bits per heavy atom. The molecule has 1 fully saturated rings. The van der Waals surface area contributed by atoms with Crippen LogP contribution in [0.15, 0.2) is 29.3 Å². The Kier molecular flexibility index (Phi) is 2.06. The largest absolute Gasteiger partial charge is 0.497 e. The molecule has 1 heterocycles. The summed E-state index contributed by atoms with van der Waals surface area (Å²) >= 11 is 0. The second kappa shape index (κ2) is 3.47. The fraction of sp³-hybridized carbons (Fsp3) is 0.308. The zero-order valence-corrected chi connectivity index (χ0v) is 9.49. The molecule has 17 heavy (non-hydrogen) atoms. The molecule has 86 valence electrons.